The monoisotopic (exact) mass is 1210 g/mol. The Morgan fingerprint density at radius 1 is 0.663 bits per heavy atom. The number of aliphatic carboxylic acids is 1. The lowest BCUT2D eigenvalue weighted by Gasteiger charge is -2.31. The molecule has 0 unspecified atom stereocenters. The highest BCUT2D eigenvalue weighted by Crippen LogP contribution is 2.21. The predicted octanol–water partition coefficient (Wildman–Crippen LogP) is -5.91. The number of para-hydroxylation sites is 1. The molecule has 30 nitrogen and oxygen atoms in total. The number of aliphatic hydroxyl groups excluding tert-OH is 3. The van der Waals surface area contributed by atoms with Crippen LogP contribution in [0.4, 0.5) is 0 Å². The molecule has 11 atom stereocenters. The second-order valence-electron chi connectivity index (χ2n) is 20.6. The molecule has 0 radical (unpaired) electrons. The fourth-order valence-electron chi connectivity index (χ4n) is 8.61. The number of likely N-dealkylation sites (tertiary alicyclic amines) is 1. The second kappa shape index (κ2) is 34.4. The molecule has 1 aromatic heterocycles. The van der Waals surface area contributed by atoms with Crippen molar-refractivity contribution >= 4 is 107 Å². The number of carboxylic acids is 1. The van der Waals surface area contributed by atoms with Crippen LogP contribution in [0.5, 0.6) is 0 Å². The molecule has 0 bridgehead atoms. The highest BCUT2D eigenvalue weighted by atomic mass is 32.1. The number of hydrogen-bond donors (Lipinski definition) is 19. The fraction of sp³-hybridized carbons (Fsp3) is 0.608. The van der Waals surface area contributed by atoms with E-state index in [4.69, 9.17) is 22.3 Å². The van der Waals surface area contributed by atoms with Gasteiger partial charge < -0.3 is 95.4 Å². The number of guanidine groups is 1. The molecule has 1 aliphatic heterocycles. The normalized spacial score (nSPS) is 16.7. The molecule has 20 N–H and O–H groups in total. The number of aliphatic hydroxyl groups is 3. The highest BCUT2D eigenvalue weighted by molar-refractivity contribution is 7.80. The number of aromatic nitrogens is 1. The Morgan fingerprint density at radius 2 is 1.17 bits per heavy atom. The van der Waals surface area contributed by atoms with E-state index >= 15 is 0 Å². The molecule has 0 aliphatic carbocycles. The summed E-state index contributed by atoms with van der Waals surface area (Å²) in [6.07, 6.45) is 2.46. The second-order valence-corrected chi connectivity index (χ2v) is 21.3. The number of amides is 10. The van der Waals surface area contributed by atoms with Crippen LogP contribution in [0.15, 0.2) is 35.5 Å². The first-order chi connectivity index (χ1) is 39.2. The summed E-state index contributed by atoms with van der Waals surface area (Å²) in [4.78, 5) is 155. The van der Waals surface area contributed by atoms with Gasteiger partial charge in [-0.25, -0.2) is 0 Å². The van der Waals surface area contributed by atoms with E-state index in [2.05, 4.69) is 83.1 Å². The molecular weight excluding hydrogens is 1130 g/mol. The molecule has 1 aromatic carbocycles. The van der Waals surface area contributed by atoms with E-state index in [1.165, 1.54) is 0 Å². The number of hydrogen-bond acceptors (Lipinski definition) is 18. The smallest absolute Gasteiger partial charge is 0.325 e. The maximum Gasteiger partial charge on any atom is 0.325 e. The molecule has 2 aromatic rings. The number of aromatic amines is 1. The predicted molar refractivity (Wildman–Crippen MR) is 309 cm³/mol. The van der Waals surface area contributed by atoms with Crippen molar-refractivity contribution in [2.75, 3.05) is 44.4 Å². The zero-order chi connectivity index (χ0) is 62.2. The van der Waals surface area contributed by atoms with Crippen LogP contribution in [0.25, 0.3) is 10.9 Å². The Kier molecular flexibility index (Phi) is 29.0. The molecule has 0 spiro atoms. The average molecular weight is 1210 g/mol. The van der Waals surface area contributed by atoms with E-state index in [9.17, 15) is 68.1 Å². The number of carbonyl (C=O) groups is 11. The van der Waals surface area contributed by atoms with Crippen LogP contribution < -0.4 is 65.1 Å². The standard InChI is InChI=1S/C51H81N15O15S2/c1-24(2)16-31(58-40(70)29(52)11-8-14-55-51(53)54)41(71)63-36(22-82)45(75)61-34(20-68)44(74)59-32(17-27-18-56-30-12-7-6-10-28(27)30)42(72)65-39(25(3)4)48(78)62-35(21-69)49(79)66-15-9-13-38(66)47(77)64-37(23-83)46(76)60-33(19-67)43(73)57-26(5)50(80)81/h6-7,10,12,18,24-26,29,31-39,56,67-69,82-83H,8-9,11,13-17,19-23,52H2,1-5H3,(H,57,73)(H,58,70)(H,59,74)(H,60,76)(H,61,75)(H,62,78)(H,63,71)(H,64,77)(H,65,72)(H,80,81)(H4,53,54,55)/t26-,29-,31-,32-,33-,34-,35-,36-,37-,38-,39-/m0/s1. The largest absolute Gasteiger partial charge is 0.480 e. The minimum absolute atomic E-state index is 0.0204. The number of nitrogens with one attached hydrogen (secondary N) is 10. The molecule has 3 rings (SSSR count). The van der Waals surface area contributed by atoms with Crippen molar-refractivity contribution in [1.29, 1.82) is 0 Å². The van der Waals surface area contributed by atoms with Gasteiger partial charge in [-0.3, -0.25) is 57.7 Å². The maximum absolute atomic E-state index is 14.4. The van der Waals surface area contributed by atoms with Crippen LogP contribution in [0, 0.1) is 11.8 Å². The molecule has 1 saturated heterocycles. The third-order valence-electron chi connectivity index (χ3n) is 13.3. The summed E-state index contributed by atoms with van der Waals surface area (Å²) in [6.45, 7) is 5.21. The van der Waals surface area contributed by atoms with Crippen molar-refractivity contribution in [3.05, 3.63) is 36.0 Å². The first-order valence-electron chi connectivity index (χ1n) is 26.9. The molecule has 0 saturated carbocycles. The number of H-pyrrole nitrogens is 1. The molecule has 2 heterocycles. The summed E-state index contributed by atoms with van der Waals surface area (Å²) >= 11 is 8.35. The van der Waals surface area contributed by atoms with Gasteiger partial charge in [0.1, 0.15) is 60.4 Å². The lowest BCUT2D eigenvalue weighted by atomic mass is 10.00. The summed E-state index contributed by atoms with van der Waals surface area (Å²) in [5.41, 5.74) is 18.0. The van der Waals surface area contributed by atoms with Crippen LogP contribution >= 0.6 is 25.3 Å². The maximum atomic E-state index is 14.4. The number of fused-ring (bicyclic) bond motifs is 1. The van der Waals surface area contributed by atoms with Crippen molar-refractivity contribution in [2.24, 2.45) is 34.0 Å². The number of benzene rings is 1. The van der Waals surface area contributed by atoms with Gasteiger partial charge in [0.25, 0.3) is 0 Å². The Balaban J connectivity index is 1.79. The number of nitrogens with zero attached hydrogens (tertiary/aromatic N) is 2. The van der Waals surface area contributed by atoms with Gasteiger partial charge in [0.05, 0.1) is 25.9 Å². The zero-order valence-corrected chi connectivity index (χ0v) is 48.7. The fourth-order valence-corrected chi connectivity index (χ4v) is 9.12. The van der Waals surface area contributed by atoms with Crippen molar-refractivity contribution < 1.29 is 73.2 Å². The van der Waals surface area contributed by atoms with E-state index in [1.807, 2.05) is 0 Å². The topological polar surface area (TPSA) is 486 Å². The van der Waals surface area contributed by atoms with Crippen molar-refractivity contribution in [3.8, 4) is 0 Å². The quantitative estimate of drug-likeness (QED) is 0.0134. The lowest BCUT2D eigenvalue weighted by molar-refractivity contribution is -0.143. The summed E-state index contributed by atoms with van der Waals surface area (Å²) in [5.74, 6) is -12.0. The minimum Gasteiger partial charge on any atom is -0.480 e. The first kappa shape index (κ1) is 70.0. The lowest BCUT2D eigenvalue weighted by Crippen LogP contribution is -2.62. The van der Waals surface area contributed by atoms with Crippen molar-refractivity contribution in [1.82, 2.24) is 57.7 Å². The molecule has 83 heavy (non-hydrogen) atoms. The molecular formula is C51H81N15O15S2. The summed E-state index contributed by atoms with van der Waals surface area (Å²) in [6, 6.07) is -8.51. The van der Waals surface area contributed by atoms with Crippen molar-refractivity contribution in [3.63, 3.8) is 0 Å². The summed E-state index contributed by atoms with van der Waals surface area (Å²) < 4.78 is 0. The molecule has 1 aliphatic rings. The Bertz CT molecular complexity index is 2620. The molecule has 462 valence electrons. The van der Waals surface area contributed by atoms with Crippen LogP contribution in [-0.4, -0.2) is 212 Å². The van der Waals surface area contributed by atoms with Crippen LogP contribution in [0.1, 0.15) is 72.3 Å². The van der Waals surface area contributed by atoms with E-state index in [0.717, 1.165) is 11.8 Å². The van der Waals surface area contributed by atoms with E-state index < -0.39 is 157 Å². The Labute approximate surface area is 490 Å². The third-order valence-corrected chi connectivity index (χ3v) is 14.0. The Morgan fingerprint density at radius 3 is 1.72 bits per heavy atom. The Hall–Kier alpha value is -7.26. The first-order valence-corrected chi connectivity index (χ1v) is 28.1. The molecule has 32 heteroatoms. The zero-order valence-electron chi connectivity index (χ0n) is 46.9. The van der Waals surface area contributed by atoms with Gasteiger partial charge >= 0.3 is 5.97 Å². The highest BCUT2D eigenvalue weighted by Gasteiger charge is 2.41. The van der Waals surface area contributed by atoms with E-state index in [1.54, 1.807) is 58.2 Å². The van der Waals surface area contributed by atoms with Crippen LogP contribution in [-0.2, 0) is 59.2 Å². The van der Waals surface area contributed by atoms with Crippen LogP contribution in [0.3, 0.4) is 0 Å². The van der Waals surface area contributed by atoms with Gasteiger partial charge in [0, 0.05) is 48.1 Å². The van der Waals surface area contributed by atoms with Gasteiger partial charge in [-0.15, -0.1) is 0 Å². The third kappa shape index (κ3) is 21.5. The van der Waals surface area contributed by atoms with Gasteiger partial charge in [-0.1, -0.05) is 45.9 Å². The molecule has 10 amide bonds. The average Bonchev–Trinajstić information content (AvgIpc) is 4.33. The number of carbonyl (C=O) groups excluding carboxylic acids is 10. The summed E-state index contributed by atoms with van der Waals surface area (Å²) in [7, 11) is 0. The molecule has 1 fully saturated rings. The number of thiol groups is 2. The number of carboxylic acid groups (broad SMARTS) is 1. The minimum atomic E-state index is -1.73. The number of aliphatic imine (C=N–C) groups is 1. The van der Waals surface area contributed by atoms with Gasteiger partial charge in [0.2, 0.25) is 59.1 Å². The van der Waals surface area contributed by atoms with Crippen LogP contribution in [0.2, 0.25) is 0 Å². The SMILES string of the molecule is CC(C)C[C@H](NC(=O)[C@@H](N)CCCN=C(N)N)C(=O)N[C@@H](CS)C(=O)N[C@@H](CO)C(=O)N[C@@H](Cc1c[nH]c2ccccc12)C(=O)N[C@H](C(=O)N[C@@H](CO)C(=O)N1CCC[C@H]1C(=O)N[C@@H](CS)C(=O)N[C@@H](CO)C(=O)N[C@@H](C)C(=O)O)C(C)C. The van der Waals surface area contributed by atoms with E-state index in [0.29, 0.717) is 22.9 Å². The van der Waals surface area contributed by atoms with Gasteiger partial charge in [-0.05, 0) is 62.5 Å². The number of rotatable bonds is 34. The van der Waals surface area contributed by atoms with Crippen molar-refractivity contribution in [2.45, 2.75) is 140 Å². The summed E-state index contributed by atoms with van der Waals surface area (Å²) in [5, 5.41) is 62.4. The van der Waals surface area contributed by atoms with E-state index in [-0.39, 0.29) is 68.6 Å². The van der Waals surface area contributed by atoms with Gasteiger partial charge in [-0.2, -0.15) is 25.3 Å². The van der Waals surface area contributed by atoms with Gasteiger partial charge in [0.15, 0.2) is 5.96 Å². The number of nitrogens with two attached hydrogens (primary N) is 3.